The molecule has 2 aromatic heterocycles. The van der Waals surface area contributed by atoms with Crippen LogP contribution in [-0.4, -0.2) is 49.6 Å². The van der Waals surface area contributed by atoms with Crippen LogP contribution in [0.25, 0.3) is 22.6 Å². The van der Waals surface area contributed by atoms with Gasteiger partial charge >= 0.3 is 211 Å². The van der Waals surface area contributed by atoms with E-state index in [1.54, 1.807) is 42.8 Å². The molecule has 0 radical (unpaired) electrons. The van der Waals surface area contributed by atoms with Gasteiger partial charge in [-0.2, -0.15) is 0 Å². The molecule has 1 amide bonds. The van der Waals surface area contributed by atoms with E-state index >= 15 is 0 Å². The number of halogens is 5. The monoisotopic (exact) mass is 591 g/mol. The third kappa shape index (κ3) is 5.07. The summed E-state index contributed by atoms with van der Waals surface area (Å²) in [6, 6.07) is 9.61. The quantitative estimate of drug-likeness (QED) is 0.283. The van der Waals surface area contributed by atoms with Crippen molar-refractivity contribution < 1.29 is 32.3 Å². The molecule has 14 heteroatoms. The maximum atomic E-state index is 12.9. The van der Waals surface area contributed by atoms with Gasteiger partial charge in [0.15, 0.2) is 0 Å². The fraction of sp³-hybridized carbons (Fsp3) is 0.100. The van der Waals surface area contributed by atoms with Gasteiger partial charge in [-0.3, -0.25) is 0 Å². The Bertz CT molecular complexity index is 1400. The average Bonchev–Trinajstić information content (AvgIpc) is 3.43. The number of anilines is 1. The van der Waals surface area contributed by atoms with Gasteiger partial charge in [-0.1, -0.05) is 0 Å². The topological polar surface area (TPSA) is 79.2 Å². The first-order valence-corrected chi connectivity index (χ1v) is 13.1. The van der Waals surface area contributed by atoms with Crippen molar-refractivity contribution in [2.24, 2.45) is 0 Å². The van der Waals surface area contributed by atoms with Crippen molar-refractivity contribution >= 4 is 82.0 Å². The summed E-state index contributed by atoms with van der Waals surface area (Å²) in [7, 11) is 1.59. The minimum absolute atomic E-state index is 0.0604. The number of amides is 1. The van der Waals surface area contributed by atoms with Crippen LogP contribution >= 0.6 is 34.5 Å². The van der Waals surface area contributed by atoms with E-state index < -0.39 is 27.9 Å². The van der Waals surface area contributed by atoms with E-state index in [2.05, 4.69) is 14.8 Å². The molecule has 0 spiro atoms. The Balaban J connectivity index is 1.68. The van der Waals surface area contributed by atoms with Crippen LogP contribution < -0.4 is 18.8 Å². The van der Waals surface area contributed by atoms with Gasteiger partial charge in [0.1, 0.15) is 0 Å². The number of hydrogen-bond acceptors (Lipinski definition) is 5. The fourth-order valence-corrected chi connectivity index (χ4v) is 5.68. The van der Waals surface area contributed by atoms with Gasteiger partial charge in [-0.15, -0.1) is 0 Å². The van der Waals surface area contributed by atoms with Crippen LogP contribution in [0.1, 0.15) is 0 Å². The van der Waals surface area contributed by atoms with Gasteiger partial charge in [0.05, 0.1) is 0 Å². The Labute approximate surface area is 210 Å². The van der Waals surface area contributed by atoms with Crippen molar-refractivity contribution in [2.75, 3.05) is 11.9 Å². The number of thiazole rings is 1. The van der Waals surface area contributed by atoms with Crippen LogP contribution in [0.5, 0.6) is 0 Å². The van der Waals surface area contributed by atoms with E-state index in [1.807, 2.05) is 0 Å². The van der Waals surface area contributed by atoms with Crippen LogP contribution in [0, 0.1) is 0 Å². The maximum absolute atomic E-state index is 12.9. The molecule has 7 nitrogen and oxygen atoms in total. The number of benzene rings is 2. The van der Waals surface area contributed by atoms with Crippen molar-refractivity contribution in [1.82, 2.24) is 9.97 Å². The van der Waals surface area contributed by atoms with Gasteiger partial charge < -0.3 is 0 Å². The Kier molecular flexibility index (Phi) is 6.91. The number of rotatable bonds is 5. The minimum atomic E-state index is -5.19. The first-order chi connectivity index (χ1) is 16.0. The number of H-pyrrole nitrogens is 1. The zero-order valence-electron chi connectivity index (χ0n) is 17.0. The number of aromatic amines is 1. The number of alkyl halides is 3. The van der Waals surface area contributed by atoms with Gasteiger partial charge in [0.2, 0.25) is 0 Å². The summed E-state index contributed by atoms with van der Waals surface area (Å²) in [6.07, 6.45) is -5.19. The first kappa shape index (κ1) is 24.5. The van der Waals surface area contributed by atoms with E-state index in [-0.39, 0.29) is 16.0 Å². The van der Waals surface area contributed by atoms with Crippen LogP contribution in [0.3, 0.4) is 0 Å². The Morgan fingerprint density at radius 1 is 1.18 bits per heavy atom. The number of nitrogens with zero attached hydrogens (tertiary/aromatic N) is 3. The molecule has 0 saturated heterocycles. The first-order valence-electron chi connectivity index (χ1n) is 9.30. The van der Waals surface area contributed by atoms with E-state index in [4.69, 9.17) is 23.2 Å². The number of hydrogen-bond donors (Lipinski definition) is 1. The molecule has 1 N–H and O–H groups in total. The molecule has 0 fully saturated rings. The summed E-state index contributed by atoms with van der Waals surface area (Å²) < 4.78 is 39.9. The van der Waals surface area contributed by atoms with Gasteiger partial charge in [0, 0.05) is 0 Å². The van der Waals surface area contributed by atoms with E-state index in [0.29, 0.717) is 31.3 Å². The zero-order valence-corrected chi connectivity index (χ0v) is 21.4. The number of fused-ring (bicyclic) bond motifs is 1. The number of aromatic nitrogens is 3. The van der Waals surface area contributed by atoms with E-state index in [1.165, 1.54) is 27.8 Å². The summed E-state index contributed by atoms with van der Waals surface area (Å²) in [4.78, 5) is 37.6. The van der Waals surface area contributed by atoms with Crippen LogP contribution in [0.2, 0.25) is 10.0 Å². The second-order valence-electron chi connectivity index (χ2n) is 6.84. The molecule has 0 aliphatic carbocycles. The molecule has 4 rings (SSSR count). The Morgan fingerprint density at radius 3 is 2.59 bits per heavy atom. The number of carbonyl (C=O) groups is 2. The molecule has 4 aromatic rings. The predicted octanol–water partition coefficient (Wildman–Crippen LogP) is 3.72. The molecule has 0 saturated carbocycles. The van der Waals surface area contributed by atoms with Crippen molar-refractivity contribution in [2.45, 2.75) is 6.18 Å². The number of nitrogens with one attached hydrogen (secondary N) is 1. The molecule has 1 unspecified atom stereocenters. The molecule has 2 aromatic carbocycles. The van der Waals surface area contributed by atoms with E-state index in [0.717, 1.165) is 4.73 Å². The molecular weight excluding hydrogens is 579 g/mol. The van der Waals surface area contributed by atoms with Crippen molar-refractivity contribution in [3.8, 4) is 11.5 Å². The summed E-state index contributed by atoms with van der Waals surface area (Å²) in [5, 5.41) is 2.25. The zero-order chi connectivity index (χ0) is 24.6. The Morgan fingerprint density at radius 2 is 1.94 bits per heavy atom. The molecule has 2 heterocycles. The third-order valence-electron chi connectivity index (χ3n) is 4.60. The summed E-state index contributed by atoms with van der Waals surface area (Å²) >= 11 is 11.7. The fourth-order valence-electron chi connectivity index (χ4n) is 2.93. The van der Waals surface area contributed by atoms with Crippen molar-refractivity contribution in [1.29, 1.82) is 0 Å². The third-order valence-corrected chi connectivity index (χ3v) is 8.34. The summed E-state index contributed by atoms with van der Waals surface area (Å²) in [6.45, 7) is 0. The van der Waals surface area contributed by atoms with Crippen LogP contribution in [-0.2, 0) is 4.79 Å². The normalized spacial score (nSPS) is 11.9. The molecule has 0 bridgehead atoms. The molecule has 0 aliphatic rings. The predicted molar refractivity (Wildman–Crippen MR) is 124 cm³/mol. The molecule has 0 aliphatic heterocycles. The molecule has 1 atom stereocenters. The molecule has 176 valence electrons. The summed E-state index contributed by atoms with van der Waals surface area (Å²) in [5.41, 5.74) is 2.90. The summed E-state index contributed by atoms with van der Waals surface area (Å²) in [5.74, 6) is -2.32. The number of imidazole rings is 1. The van der Waals surface area contributed by atoms with E-state index in [9.17, 15) is 22.8 Å². The SMILES string of the molecule is CN(C(=O)[AsH]c1ccc2[nH]c(-c3cscn3)[n+](OC(=O)C(F)(F)F)c2c1)c1ccc(Cl)c(Cl)c1. The van der Waals surface area contributed by atoms with Crippen molar-refractivity contribution in [3.63, 3.8) is 0 Å². The van der Waals surface area contributed by atoms with Gasteiger partial charge in [0.25, 0.3) is 0 Å². The Hall–Kier alpha value is -2.59. The van der Waals surface area contributed by atoms with Gasteiger partial charge in [-0.05, 0) is 0 Å². The molecular formula is C20H13AsCl2F3N4O3S+. The second kappa shape index (κ2) is 9.57. The van der Waals surface area contributed by atoms with Crippen LogP contribution in [0.15, 0.2) is 47.3 Å². The van der Waals surface area contributed by atoms with Gasteiger partial charge in [-0.25, -0.2) is 0 Å². The van der Waals surface area contributed by atoms with Crippen LogP contribution in [0.4, 0.5) is 23.7 Å². The molecule has 34 heavy (non-hydrogen) atoms. The standard InChI is InChI=1S/C20H12AsCl2F3N4O3S/c1-29(11-3-4-12(22)13(23)7-11)19(32)21-10-2-5-14-16(6-10)30(33-18(31)20(24,25)26)17(28-14)15-8-34-9-27-15/h2-9,21H,1H3/p+1. The second-order valence-corrected chi connectivity index (χ2v) is 11.0. The number of carbonyl (C=O) groups excluding carboxylic acids is 2. The average molecular weight is 592 g/mol. The van der Waals surface area contributed by atoms with Crippen molar-refractivity contribution in [3.05, 3.63) is 57.3 Å².